The van der Waals surface area contributed by atoms with E-state index in [1.165, 1.54) is 147 Å². The number of aryl methyl sites for hydroxylation is 4. The molecule has 2 nitrogen and oxygen atoms in total. The summed E-state index contributed by atoms with van der Waals surface area (Å²) < 4.78 is 0. The SMILES string of the molecule is Cc1cc(N(c2cccc3c2CCCC3)c2cccc3ccccc23)c2ccc3c(C)cc(N(c4cccc5c4CCCC5)c4cccc5ccccc45)c4ccc1c2c34. The van der Waals surface area contributed by atoms with E-state index in [1.54, 1.807) is 0 Å². The van der Waals surface area contributed by atoms with Gasteiger partial charge in [0.15, 0.2) is 0 Å². The number of fused-ring (bicyclic) bond motifs is 4. The number of hydrogen-bond donors (Lipinski definition) is 0. The Bertz CT molecular complexity index is 3080. The Kier molecular flexibility index (Phi) is 8.23. The molecule has 0 heterocycles. The Morgan fingerprint density at radius 3 is 1.18 bits per heavy atom. The molecule has 10 aromatic carbocycles. The molecule has 0 aliphatic heterocycles. The van der Waals surface area contributed by atoms with Crippen molar-refractivity contribution in [2.45, 2.75) is 65.2 Å². The molecule has 290 valence electrons. The lowest BCUT2D eigenvalue weighted by molar-refractivity contribution is 0.686. The molecule has 0 aromatic heterocycles. The van der Waals surface area contributed by atoms with Crippen LogP contribution in [-0.2, 0) is 25.7 Å². The lowest BCUT2D eigenvalue weighted by Gasteiger charge is -2.34. The Morgan fingerprint density at radius 2 is 0.700 bits per heavy atom. The number of hydrogen-bond acceptors (Lipinski definition) is 2. The molecule has 0 saturated heterocycles. The maximum absolute atomic E-state index is 2.62. The molecule has 2 aliphatic rings. The predicted octanol–water partition coefficient (Wildman–Crippen LogP) is 16.2. The normalized spacial score (nSPS) is 14.0. The van der Waals surface area contributed by atoms with Gasteiger partial charge in [-0.3, -0.25) is 0 Å². The Labute approximate surface area is 352 Å². The van der Waals surface area contributed by atoms with Crippen molar-refractivity contribution in [2.24, 2.45) is 0 Å². The minimum Gasteiger partial charge on any atom is -0.309 e. The minimum atomic E-state index is 1.10. The van der Waals surface area contributed by atoms with Crippen molar-refractivity contribution in [3.63, 3.8) is 0 Å². The third-order valence-corrected chi connectivity index (χ3v) is 14.0. The number of anilines is 6. The summed E-state index contributed by atoms with van der Waals surface area (Å²) in [6.45, 7) is 4.65. The third-order valence-electron chi connectivity index (χ3n) is 14.0. The first-order valence-corrected chi connectivity index (χ1v) is 22.1. The molecule has 10 aromatic rings. The number of nitrogens with zero attached hydrogens (tertiary/aromatic N) is 2. The number of benzene rings is 10. The van der Waals surface area contributed by atoms with Crippen molar-refractivity contribution in [3.05, 3.63) is 191 Å². The summed E-state index contributed by atoms with van der Waals surface area (Å²) in [7, 11) is 0. The molecule has 2 heteroatoms. The maximum atomic E-state index is 2.62. The van der Waals surface area contributed by atoms with Gasteiger partial charge in [-0.15, -0.1) is 0 Å². The molecule has 0 unspecified atom stereocenters. The van der Waals surface area contributed by atoms with E-state index < -0.39 is 0 Å². The van der Waals surface area contributed by atoms with Crippen LogP contribution in [0, 0.1) is 13.8 Å². The van der Waals surface area contributed by atoms with E-state index in [1.807, 2.05) is 0 Å². The molecule has 2 aliphatic carbocycles. The monoisotopic (exact) mass is 772 g/mol. The highest BCUT2D eigenvalue weighted by atomic mass is 15.2. The summed E-state index contributed by atoms with van der Waals surface area (Å²) >= 11 is 0. The first-order chi connectivity index (χ1) is 29.6. The van der Waals surface area contributed by atoms with Gasteiger partial charge < -0.3 is 9.80 Å². The second-order valence-electron chi connectivity index (χ2n) is 17.4. The molecule has 0 atom stereocenters. The number of rotatable bonds is 6. The standard InChI is InChI=1S/C58H48N2/c1-37-35-55(59(51-27-11-19-39-15-3-7-23-45(39)51)52-28-12-20-40-16-4-8-24-46(40)52)49-34-32-44-38(2)36-56(50-33-31-43(37)57(49)58(44)50)60(53-29-13-21-41-17-5-9-25-47(41)53)54-30-14-22-42-18-6-10-26-48(42)54/h3,5,7,9,11-15,17,19-23,25,27-36H,4,6,8,10,16,18,24,26H2,1-2H3. The van der Waals surface area contributed by atoms with E-state index in [9.17, 15) is 0 Å². The van der Waals surface area contributed by atoms with Crippen molar-refractivity contribution < 1.29 is 0 Å². The quantitative estimate of drug-likeness (QED) is 0.155. The van der Waals surface area contributed by atoms with E-state index in [0.717, 1.165) is 25.7 Å². The summed E-state index contributed by atoms with van der Waals surface area (Å²) in [5, 5.41) is 13.0. The highest BCUT2D eigenvalue weighted by molar-refractivity contribution is 6.29. The van der Waals surface area contributed by atoms with Gasteiger partial charge in [0.2, 0.25) is 0 Å². The lowest BCUT2D eigenvalue weighted by Crippen LogP contribution is -2.17. The van der Waals surface area contributed by atoms with Crippen molar-refractivity contribution >= 4 is 88.0 Å². The van der Waals surface area contributed by atoms with Crippen LogP contribution >= 0.6 is 0 Å². The zero-order valence-electron chi connectivity index (χ0n) is 34.6. The Morgan fingerprint density at radius 1 is 0.317 bits per heavy atom. The first-order valence-electron chi connectivity index (χ1n) is 22.1. The van der Waals surface area contributed by atoms with E-state index >= 15 is 0 Å². The van der Waals surface area contributed by atoms with Crippen LogP contribution in [0.4, 0.5) is 34.1 Å². The van der Waals surface area contributed by atoms with E-state index in [4.69, 9.17) is 0 Å². The van der Waals surface area contributed by atoms with Gasteiger partial charge in [-0.25, -0.2) is 0 Å². The van der Waals surface area contributed by atoms with Gasteiger partial charge in [-0.2, -0.15) is 0 Å². The fourth-order valence-electron chi connectivity index (χ4n) is 11.2. The Hall–Kier alpha value is -6.64. The maximum Gasteiger partial charge on any atom is 0.0543 e. The zero-order valence-corrected chi connectivity index (χ0v) is 34.6. The summed E-state index contributed by atoms with van der Waals surface area (Å²) in [4.78, 5) is 5.25. The molecule has 0 saturated carbocycles. The van der Waals surface area contributed by atoms with Crippen LogP contribution in [-0.4, -0.2) is 0 Å². The van der Waals surface area contributed by atoms with Gasteiger partial charge in [0.25, 0.3) is 0 Å². The summed E-state index contributed by atoms with van der Waals surface area (Å²) in [6, 6.07) is 60.2. The second-order valence-corrected chi connectivity index (χ2v) is 17.4. The van der Waals surface area contributed by atoms with Gasteiger partial charge in [0, 0.05) is 32.9 Å². The van der Waals surface area contributed by atoms with Crippen LogP contribution in [0.3, 0.4) is 0 Å². The van der Waals surface area contributed by atoms with Gasteiger partial charge in [0.05, 0.1) is 22.7 Å². The topological polar surface area (TPSA) is 6.48 Å². The van der Waals surface area contributed by atoms with Crippen LogP contribution in [0.15, 0.2) is 158 Å². The highest BCUT2D eigenvalue weighted by Crippen LogP contribution is 2.52. The average molecular weight is 773 g/mol. The molecule has 0 bridgehead atoms. The fourth-order valence-corrected chi connectivity index (χ4v) is 11.2. The highest BCUT2D eigenvalue weighted by Gasteiger charge is 2.28. The zero-order chi connectivity index (χ0) is 39.9. The fraction of sp³-hybridized carbons (Fsp3) is 0.172. The third kappa shape index (κ3) is 5.40. The molecular weight excluding hydrogens is 725 g/mol. The molecule has 12 rings (SSSR count). The van der Waals surface area contributed by atoms with Crippen molar-refractivity contribution in [2.75, 3.05) is 9.80 Å². The van der Waals surface area contributed by atoms with Crippen LogP contribution in [0.2, 0.25) is 0 Å². The summed E-state index contributed by atoms with van der Waals surface area (Å²) in [5.74, 6) is 0. The molecule has 0 spiro atoms. The molecule has 0 N–H and O–H groups in total. The summed E-state index contributed by atoms with van der Waals surface area (Å²) in [6.07, 6.45) is 9.46. The van der Waals surface area contributed by atoms with E-state index in [-0.39, 0.29) is 0 Å². The molecule has 0 fully saturated rings. The summed E-state index contributed by atoms with van der Waals surface area (Å²) in [5.41, 5.74) is 16.2. The molecule has 0 radical (unpaired) electrons. The van der Waals surface area contributed by atoms with Crippen LogP contribution < -0.4 is 9.80 Å². The van der Waals surface area contributed by atoms with E-state index in [0.29, 0.717) is 0 Å². The Balaban J connectivity index is 1.18. The predicted molar refractivity (Wildman–Crippen MR) is 257 cm³/mol. The van der Waals surface area contributed by atoms with Crippen molar-refractivity contribution in [3.8, 4) is 0 Å². The lowest BCUT2D eigenvalue weighted by atomic mass is 9.86. The second kappa shape index (κ2) is 14.0. The van der Waals surface area contributed by atoms with Gasteiger partial charge in [-0.05, 0) is 167 Å². The average Bonchev–Trinajstić information content (AvgIpc) is 3.30. The van der Waals surface area contributed by atoms with Crippen molar-refractivity contribution in [1.29, 1.82) is 0 Å². The van der Waals surface area contributed by atoms with Gasteiger partial charge in [0.1, 0.15) is 0 Å². The molecule has 60 heavy (non-hydrogen) atoms. The van der Waals surface area contributed by atoms with Crippen LogP contribution in [0.5, 0.6) is 0 Å². The van der Waals surface area contributed by atoms with Crippen LogP contribution in [0.25, 0.3) is 53.9 Å². The minimum absolute atomic E-state index is 1.10. The molecule has 0 amide bonds. The van der Waals surface area contributed by atoms with Crippen molar-refractivity contribution in [1.82, 2.24) is 0 Å². The first kappa shape index (κ1) is 35.3. The smallest absolute Gasteiger partial charge is 0.0543 e. The van der Waals surface area contributed by atoms with Crippen LogP contribution in [0.1, 0.15) is 59.1 Å². The molecular formula is C58H48N2. The van der Waals surface area contributed by atoms with E-state index in [2.05, 4.69) is 181 Å². The largest absolute Gasteiger partial charge is 0.309 e. The van der Waals surface area contributed by atoms with Gasteiger partial charge in [-0.1, -0.05) is 121 Å². The van der Waals surface area contributed by atoms with Gasteiger partial charge >= 0.3 is 0 Å².